The summed E-state index contributed by atoms with van der Waals surface area (Å²) in [6.07, 6.45) is 3.39. The van der Waals surface area contributed by atoms with E-state index in [0.717, 1.165) is 19.0 Å². The van der Waals surface area contributed by atoms with Crippen LogP contribution in [0.1, 0.15) is 53.9 Å². The molecule has 0 spiro atoms. The molecule has 1 aliphatic rings. The van der Waals surface area contributed by atoms with Crippen molar-refractivity contribution in [2.45, 2.75) is 71.6 Å². The van der Waals surface area contributed by atoms with Crippen molar-refractivity contribution in [1.82, 2.24) is 10.2 Å². The molecule has 1 saturated heterocycles. The molecule has 3 N–H and O–H groups in total. The van der Waals surface area contributed by atoms with E-state index < -0.39 is 5.60 Å². The van der Waals surface area contributed by atoms with Crippen molar-refractivity contribution in [1.29, 1.82) is 0 Å². The zero-order valence-corrected chi connectivity index (χ0v) is 14.3. The molecule has 1 heterocycles. The van der Waals surface area contributed by atoms with Crippen molar-refractivity contribution in [2.75, 3.05) is 19.6 Å². The lowest BCUT2D eigenvalue weighted by Crippen LogP contribution is -2.53. The molecule has 5 heteroatoms. The van der Waals surface area contributed by atoms with Crippen LogP contribution >= 0.6 is 0 Å². The van der Waals surface area contributed by atoms with Gasteiger partial charge in [-0.25, -0.2) is 4.79 Å². The Bertz CT molecular complexity index is 328. The molecule has 0 aromatic rings. The summed E-state index contributed by atoms with van der Waals surface area (Å²) in [4.78, 5) is 14.3. The molecule has 1 aliphatic heterocycles. The molecule has 0 aromatic heterocycles. The van der Waals surface area contributed by atoms with E-state index in [0.29, 0.717) is 6.54 Å². The summed E-state index contributed by atoms with van der Waals surface area (Å²) in [6.45, 7) is 12.6. The number of amides is 1. The number of carbonyl (C=O) groups is 1. The fourth-order valence-corrected chi connectivity index (χ4v) is 3.07. The summed E-state index contributed by atoms with van der Waals surface area (Å²) in [5.74, 6) is 0.776. The van der Waals surface area contributed by atoms with E-state index in [4.69, 9.17) is 10.5 Å². The second-order valence-corrected chi connectivity index (χ2v) is 7.18. The van der Waals surface area contributed by atoms with Crippen LogP contribution < -0.4 is 11.1 Å². The molecule has 124 valence electrons. The van der Waals surface area contributed by atoms with Crippen molar-refractivity contribution in [3.8, 4) is 0 Å². The zero-order valence-electron chi connectivity index (χ0n) is 14.3. The number of carbonyl (C=O) groups excluding carboxylic acids is 1. The average Bonchev–Trinajstić information content (AvgIpc) is 2.76. The lowest BCUT2D eigenvalue weighted by molar-refractivity contribution is 0.0476. The Hall–Kier alpha value is -0.810. The number of rotatable bonds is 6. The topological polar surface area (TPSA) is 67.6 Å². The second kappa shape index (κ2) is 7.99. The minimum atomic E-state index is -0.470. The summed E-state index contributed by atoms with van der Waals surface area (Å²) >= 11 is 0. The minimum absolute atomic E-state index is 0.00905. The minimum Gasteiger partial charge on any atom is -0.444 e. The van der Waals surface area contributed by atoms with Crippen LogP contribution in [-0.2, 0) is 4.74 Å². The van der Waals surface area contributed by atoms with Crippen molar-refractivity contribution >= 4 is 6.09 Å². The van der Waals surface area contributed by atoms with Crippen molar-refractivity contribution < 1.29 is 9.53 Å². The maximum Gasteiger partial charge on any atom is 0.407 e. The molecule has 5 nitrogen and oxygen atoms in total. The van der Waals surface area contributed by atoms with Crippen LogP contribution in [0.5, 0.6) is 0 Å². The number of likely N-dealkylation sites (tertiary alicyclic amines) is 1. The van der Waals surface area contributed by atoms with E-state index >= 15 is 0 Å². The first-order valence-corrected chi connectivity index (χ1v) is 8.20. The highest BCUT2D eigenvalue weighted by atomic mass is 16.6. The van der Waals surface area contributed by atoms with Gasteiger partial charge in [-0.1, -0.05) is 13.3 Å². The molecule has 0 bridgehead atoms. The van der Waals surface area contributed by atoms with Gasteiger partial charge < -0.3 is 15.8 Å². The molecular formula is C16H33N3O2. The van der Waals surface area contributed by atoms with E-state index in [9.17, 15) is 4.79 Å². The Morgan fingerprint density at radius 1 is 1.48 bits per heavy atom. The van der Waals surface area contributed by atoms with Crippen LogP contribution in [0.4, 0.5) is 4.79 Å². The highest BCUT2D eigenvalue weighted by Gasteiger charge is 2.31. The number of alkyl carbamates (subject to hydrolysis) is 1. The van der Waals surface area contributed by atoms with Gasteiger partial charge in [0.15, 0.2) is 0 Å². The van der Waals surface area contributed by atoms with Gasteiger partial charge in [-0.05, 0) is 53.0 Å². The van der Waals surface area contributed by atoms with E-state index in [-0.39, 0.29) is 18.2 Å². The van der Waals surface area contributed by atoms with Gasteiger partial charge in [0.05, 0.1) is 0 Å². The predicted molar refractivity (Wildman–Crippen MR) is 86.3 cm³/mol. The van der Waals surface area contributed by atoms with E-state index in [1.165, 1.54) is 19.3 Å². The first-order chi connectivity index (χ1) is 9.76. The Morgan fingerprint density at radius 3 is 2.67 bits per heavy atom. The highest BCUT2D eigenvalue weighted by molar-refractivity contribution is 5.68. The monoisotopic (exact) mass is 299 g/mol. The van der Waals surface area contributed by atoms with Gasteiger partial charge in [-0.3, -0.25) is 4.90 Å². The fourth-order valence-electron chi connectivity index (χ4n) is 3.07. The average molecular weight is 299 g/mol. The predicted octanol–water partition coefficient (Wildman–Crippen LogP) is 2.35. The molecule has 0 radical (unpaired) electrons. The van der Waals surface area contributed by atoms with Crippen LogP contribution in [0.25, 0.3) is 0 Å². The van der Waals surface area contributed by atoms with Crippen molar-refractivity contribution in [3.05, 3.63) is 0 Å². The summed E-state index contributed by atoms with van der Waals surface area (Å²) < 4.78 is 5.32. The fraction of sp³-hybridized carbons (Fsp3) is 0.938. The number of ether oxygens (including phenoxy) is 1. The molecule has 0 aliphatic carbocycles. The third-order valence-electron chi connectivity index (χ3n) is 4.05. The number of hydrogen-bond donors (Lipinski definition) is 2. The van der Waals surface area contributed by atoms with Crippen molar-refractivity contribution in [2.24, 2.45) is 11.7 Å². The summed E-state index contributed by atoms with van der Waals surface area (Å²) in [5.41, 5.74) is 5.47. The lowest BCUT2D eigenvalue weighted by atomic mass is 10.0. The van der Waals surface area contributed by atoms with Crippen LogP contribution in [-0.4, -0.2) is 48.3 Å². The number of hydrogen-bond acceptors (Lipinski definition) is 4. The number of nitrogens with zero attached hydrogens (tertiary/aromatic N) is 1. The van der Waals surface area contributed by atoms with Crippen LogP contribution in [0, 0.1) is 5.92 Å². The highest BCUT2D eigenvalue weighted by Crippen LogP contribution is 2.23. The van der Waals surface area contributed by atoms with Gasteiger partial charge in [-0.15, -0.1) is 0 Å². The molecule has 21 heavy (non-hydrogen) atoms. The molecule has 0 saturated carbocycles. The van der Waals surface area contributed by atoms with Crippen LogP contribution in [0.2, 0.25) is 0 Å². The van der Waals surface area contributed by atoms with E-state index in [2.05, 4.69) is 17.1 Å². The lowest BCUT2D eigenvalue weighted by Gasteiger charge is -2.33. The van der Waals surface area contributed by atoms with E-state index in [1.807, 2.05) is 27.7 Å². The first-order valence-electron chi connectivity index (χ1n) is 8.20. The molecule has 1 fully saturated rings. The SMILES string of the molecule is CCCC1CCN(C(CN)C(C)NC(=O)OC(C)(C)C)C1. The molecule has 3 unspecified atom stereocenters. The van der Waals surface area contributed by atoms with Crippen LogP contribution in [0.3, 0.4) is 0 Å². The quantitative estimate of drug-likeness (QED) is 0.790. The standard InChI is InChI=1S/C16H33N3O2/c1-6-7-13-8-9-19(11-13)14(10-17)12(2)18-15(20)21-16(3,4)5/h12-14H,6-11,17H2,1-5H3,(H,18,20). The molecule has 1 rings (SSSR count). The molecule has 3 atom stereocenters. The summed E-state index contributed by atoms with van der Waals surface area (Å²) in [6, 6.07) is 0.171. The Kier molecular flexibility index (Phi) is 6.94. The Morgan fingerprint density at radius 2 is 2.14 bits per heavy atom. The molecular weight excluding hydrogens is 266 g/mol. The van der Waals surface area contributed by atoms with Gasteiger partial charge in [0.1, 0.15) is 5.60 Å². The summed E-state index contributed by atoms with van der Waals surface area (Å²) in [5, 5.41) is 2.93. The second-order valence-electron chi connectivity index (χ2n) is 7.18. The van der Waals surface area contributed by atoms with Gasteiger partial charge in [0, 0.05) is 25.2 Å². The van der Waals surface area contributed by atoms with Gasteiger partial charge in [0.2, 0.25) is 0 Å². The Balaban J connectivity index is 2.50. The normalized spacial score (nSPS) is 22.9. The Labute approximate surface area is 129 Å². The molecule has 0 aromatic carbocycles. The van der Waals surface area contributed by atoms with Crippen LogP contribution in [0.15, 0.2) is 0 Å². The number of nitrogens with two attached hydrogens (primary N) is 1. The summed E-state index contributed by atoms with van der Waals surface area (Å²) in [7, 11) is 0. The van der Waals surface area contributed by atoms with E-state index in [1.54, 1.807) is 0 Å². The maximum atomic E-state index is 11.9. The number of nitrogens with one attached hydrogen (secondary N) is 1. The first kappa shape index (κ1) is 18.2. The largest absolute Gasteiger partial charge is 0.444 e. The third kappa shape index (κ3) is 6.22. The smallest absolute Gasteiger partial charge is 0.407 e. The molecule has 1 amide bonds. The third-order valence-corrected chi connectivity index (χ3v) is 4.05. The zero-order chi connectivity index (χ0) is 16.0. The maximum absolute atomic E-state index is 11.9. The van der Waals surface area contributed by atoms with Gasteiger partial charge >= 0.3 is 6.09 Å². The van der Waals surface area contributed by atoms with Crippen molar-refractivity contribution in [3.63, 3.8) is 0 Å². The van der Waals surface area contributed by atoms with Gasteiger partial charge in [-0.2, -0.15) is 0 Å². The van der Waals surface area contributed by atoms with Gasteiger partial charge in [0.25, 0.3) is 0 Å².